The molecule has 1 atom stereocenters. The molecule has 5 nitrogen and oxygen atoms in total. The number of hydrogen-bond donors (Lipinski definition) is 1. The third-order valence-electron chi connectivity index (χ3n) is 4.85. The zero-order chi connectivity index (χ0) is 20.1. The molecule has 0 saturated carbocycles. The number of nitrogens with zero attached hydrogens (tertiary/aromatic N) is 1. The largest absolute Gasteiger partial charge is 0.324 e. The number of anilines is 1. The Labute approximate surface area is 163 Å². The molecular weight excluding hydrogens is 386 g/mol. The quantitative estimate of drug-likeness (QED) is 0.791. The Hall–Kier alpha value is -2.32. The Bertz CT molecular complexity index is 936. The summed E-state index contributed by atoms with van der Waals surface area (Å²) in [6.45, 7) is 0.816. The molecule has 0 spiro atoms. The monoisotopic (exact) mass is 408 g/mol. The van der Waals surface area contributed by atoms with Crippen LogP contribution in [0.4, 0.5) is 14.5 Å². The summed E-state index contributed by atoms with van der Waals surface area (Å²) in [6, 6.07) is 11.3. The van der Waals surface area contributed by atoms with Gasteiger partial charge in [0.15, 0.2) is 0 Å². The standard InChI is InChI=1S/C20H22F2N2O3S/c21-16-9-10-19(18(22)13-16)23-20(25)11-8-15-5-4-12-24(14-15)28(26,27)17-6-2-1-3-7-17/h1-3,6-7,9-10,13,15H,4-5,8,11-12,14H2,(H,23,25). The van der Waals surface area contributed by atoms with Gasteiger partial charge in [0.2, 0.25) is 15.9 Å². The van der Waals surface area contributed by atoms with Gasteiger partial charge in [-0.05, 0) is 49.4 Å². The van der Waals surface area contributed by atoms with Crippen molar-refractivity contribution in [2.45, 2.75) is 30.6 Å². The molecule has 0 aromatic heterocycles. The number of halogens is 2. The topological polar surface area (TPSA) is 66.5 Å². The van der Waals surface area contributed by atoms with Crippen LogP contribution in [-0.4, -0.2) is 31.7 Å². The van der Waals surface area contributed by atoms with Gasteiger partial charge in [-0.25, -0.2) is 17.2 Å². The number of hydrogen-bond acceptors (Lipinski definition) is 3. The molecule has 2 aromatic rings. The second kappa shape index (κ2) is 8.79. The van der Waals surface area contributed by atoms with Gasteiger partial charge in [-0.15, -0.1) is 0 Å². The number of rotatable bonds is 6. The van der Waals surface area contributed by atoms with E-state index in [1.54, 1.807) is 30.3 Å². The van der Waals surface area contributed by atoms with Crippen LogP contribution in [-0.2, 0) is 14.8 Å². The highest BCUT2D eigenvalue weighted by molar-refractivity contribution is 7.89. The lowest BCUT2D eigenvalue weighted by molar-refractivity contribution is -0.116. The number of sulfonamides is 1. The van der Waals surface area contributed by atoms with Gasteiger partial charge in [0.05, 0.1) is 10.6 Å². The van der Waals surface area contributed by atoms with Crippen molar-refractivity contribution in [1.29, 1.82) is 0 Å². The van der Waals surface area contributed by atoms with E-state index in [0.29, 0.717) is 25.6 Å². The van der Waals surface area contributed by atoms with Gasteiger partial charge in [0.1, 0.15) is 11.6 Å². The number of benzene rings is 2. The SMILES string of the molecule is O=C(CCC1CCCN(S(=O)(=O)c2ccccc2)C1)Nc1ccc(F)cc1F. The highest BCUT2D eigenvalue weighted by atomic mass is 32.2. The first-order chi connectivity index (χ1) is 13.4. The molecule has 1 unspecified atom stereocenters. The second-order valence-corrected chi connectivity index (χ2v) is 8.83. The number of amides is 1. The molecule has 1 fully saturated rings. The Kier molecular flexibility index (Phi) is 6.41. The summed E-state index contributed by atoms with van der Waals surface area (Å²) in [5, 5.41) is 2.43. The average Bonchev–Trinajstić information content (AvgIpc) is 2.69. The van der Waals surface area contributed by atoms with Crippen molar-refractivity contribution in [1.82, 2.24) is 4.31 Å². The van der Waals surface area contributed by atoms with Crippen LogP contribution in [0.1, 0.15) is 25.7 Å². The summed E-state index contributed by atoms with van der Waals surface area (Å²) in [6.07, 6.45) is 2.19. The molecule has 3 rings (SSSR count). The minimum Gasteiger partial charge on any atom is -0.324 e. The summed E-state index contributed by atoms with van der Waals surface area (Å²) in [4.78, 5) is 12.4. The van der Waals surface area contributed by atoms with Gasteiger partial charge < -0.3 is 5.32 Å². The highest BCUT2D eigenvalue weighted by Crippen LogP contribution is 2.26. The summed E-state index contributed by atoms with van der Waals surface area (Å²) < 4.78 is 53.5. The predicted octanol–water partition coefficient (Wildman–Crippen LogP) is 3.78. The Morgan fingerprint density at radius 3 is 2.61 bits per heavy atom. The Balaban J connectivity index is 1.56. The molecule has 1 aliphatic rings. The Morgan fingerprint density at radius 1 is 1.14 bits per heavy atom. The normalized spacial score (nSPS) is 18.0. The summed E-state index contributed by atoms with van der Waals surface area (Å²) in [7, 11) is -3.54. The minimum absolute atomic E-state index is 0.0519. The number of piperidine rings is 1. The molecule has 1 saturated heterocycles. The third kappa shape index (κ3) is 4.94. The van der Waals surface area contributed by atoms with Crippen molar-refractivity contribution in [3.63, 3.8) is 0 Å². The molecule has 0 aliphatic carbocycles. The first kappa shape index (κ1) is 20.4. The first-order valence-electron chi connectivity index (χ1n) is 9.16. The molecule has 150 valence electrons. The molecule has 0 bridgehead atoms. The van der Waals surface area contributed by atoms with E-state index in [4.69, 9.17) is 0 Å². The van der Waals surface area contributed by atoms with Gasteiger partial charge in [0, 0.05) is 25.6 Å². The smallest absolute Gasteiger partial charge is 0.243 e. The van der Waals surface area contributed by atoms with Gasteiger partial charge in [-0.2, -0.15) is 4.31 Å². The van der Waals surface area contributed by atoms with E-state index in [9.17, 15) is 22.0 Å². The van der Waals surface area contributed by atoms with Gasteiger partial charge in [-0.1, -0.05) is 18.2 Å². The molecule has 0 radical (unpaired) electrons. The van der Waals surface area contributed by atoms with Crippen molar-refractivity contribution >= 4 is 21.6 Å². The zero-order valence-corrected chi connectivity index (χ0v) is 16.1. The van der Waals surface area contributed by atoms with Crippen LogP contribution in [0.3, 0.4) is 0 Å². The first-order valence-corrected chi connectivity index (χ1v) is 10.6. The molecular formula is C20H22F2N2O3S. The molecule has 2 aromatic carbocycles. The van der Waals surface area contributed by atoms with Gasteiger partial charge >= 0.3 is 0 Å². The highest BCUT2D eigenvalue weighted by Gasteiger charge is 2.30. The zero-order valence-electron chi connectivity index (χ0n) is 15.3. The Morgan fingerprint density at radius 2 is 1.89 bits per heavy atom. The predicted molar refractivity (Wildman–Crippen MR) is 102 cm³/mol. The van der Waals surface area contributed by atoms with E-state index in [0.717, 1.165) is 18.9 Å². The van der Waals surface area contributed by atoms with Gasteiger partial charge in [0.25, 0.3) is 0 Å². The van der Waals surface area contributed by atoms with E-state index in [-0.39, 0.29) is 28.8 Å². The molecule has 8 heteroatoms. The summed E-state index contributed by atoms with van der Waals surface area (Å²) >= 11 is 0. The van der Waals surface area contributed by atoms with Crippen molar-refractivity contribution in [3.8, 4) is 0 Å². The van der Waals surface area contributed by atoms with E-state index in [1.165, 1.54) is 10.4 Å². The van der Waals surface area contributed by atoms with Crippen LogP contribution >= 0.6 is 0 Å². The van der Waals surface area contributed by atoms with Gasteiger partial charge in [-0.3, -0.25) is 4.79 Å². The average molecular weight is 408 g/mol. The number of nitrogens with one attached hydrogen (secondary N) is 1. The molecule has 1 aliphatic heterocycles. The maximum Gasteiger partial charge on any atom is 0.243 e. The molecule has 1 N–H and O–H groups in total. The van der Waals surface area contributed by atoms with E-state index >= 15 is 0 Å². The molecule has 1 amide bonds. The van der Waals surface area contributed by atoms with E-state index in [2.05, 4.69) is 5.32 Å². The minimum atomic E-state index is -3.54. The van der Waals surface area contributed by atoms with Crippen LogP contribution in [0.15, 0.2) is 53.4 Å². The van der Waals surface area contributed by atoms with Crippen LogP contribution in [0.5, 0.6) is 0 Å². The van der Waals surface area contributed by atoms with E-state index in [1.807, 2.05) is 0 Å². The number of carbonyl (C=O) groups excluding carboxylic acids is 1. The number of carbonyl (C=O) groups is 1. The molecule has 1 heterocycles. The van der Waals surface area contributed by atoms with Crippen LogP contribution in [0.25, 0.3) is 0 Å². The maximum atomic E-state index is 13.6. The van der Waals surface area contributed by atoms with Crippen LogP contribution in [0, 0.1) is 17.6 Å². The fraction of sp³-hybridized carbons (Fsp3) is 0.350. The fourth-order valence-corrected chi connectivity index (χ4v) is 4.94. The molecule has 28 heavy (non-hydrogen) atoms. The van der Waals surface area contributed by atoms with Crippen LogP contribution in [0.2, 0.25) is 0 Å². The van der Waals surface area contributed by atoms with Crippen molar-refractivity contribution in [2.75, 3.05) is 18.4 Å². The van der Waals surface area contributed by atoms with E-state index < -0.39 is 21.7 Å². The summed E-state index contributed by atoms with van der Waals surface area (Å²) in [5.74, 6) is -1.87. The lowest BCUT2D eigenvalue weighted by atomic mass is 9.94. The summed E-state index contributed by atoms with van der Waals surface area (Å²) in [5.41, 5.74) is -0.0664. The van der Waals surface area contributed by atoms with Crippen molar-refractivity contribution in [2.24, 2.45) is 5.92 Å². The lowest BCUT2D eigenvalue weighted by Gasteiger charge is -2.31. The second-order valence-electron chi connectivity index (χ2n) is 6.90. The fourth-order valence-electron chi connectivity index (χ4n) is 3.36. The third-order valence-corrected chi connectivity index (χ3v) is 6.73. The van der Waals surface area contributed by atoms with Crippen LogP contribution < -0.4 is 5.32 Å². The lowest BCUT2D eigenvalue weighted by Crippen LogP contribution is -2.40. The van der Waals surface area contributed by atoms with Crippen molar-refractivity contribution < 1.29 is 22.0 Å². The van der Waals surface area contributed by atoms with Crippen molar-refractivity contribution in [3.05, 3.63) is 60.2 Å². The maximum absolute atomic E-state index is 13.6.